The highest BCUT2D eigenvalue weighted by Gasteiger charge is 2.21. The lowest BCUT2D eigenvalue weighted by Gasteiger charge is -2.23. The van der Waals surface area contributed by atoms with E-state index in [1.54, 1.807) is 35.6 Å². The largest absolute Gasteiger partial charge is 0.325 e. The van der Waals surface area contributed by atoms with Gasteiger partial charge in [0.1, 0.15) is 0 Å². The minimum atomic E-state index is -0.402. The summed E-state index contributed by atoms with van der Waals surface area (Å²) in [6.07, 6.45) is 0.999. The third-order valence-electron chi connectivity index (χ3n) is 4.92. The number of benzene rings is 2. The van der Waals surface area contributed by atoms with Crippen LogP contribution in [0.5, 0.6) is 0 Å². The average molecular weight is 407 g/mol. The molecule has 2 aromatic carbocycles. The fourth-order valence-electron chi connectivity index (χ4n) is 3.11. The van der Waals surface area contributed by atoms with E-state index in [0.29, 0.717) is 11.3 Å². The van der Waals surface area contributed by atoms with Crippen molar-refractivity contribution >= 4 is 28.7 Å². The molecule has 2 atom stereocenters. The molecule has 0 bridgehead atoms. The average Bonchev–Trinajstić information content (AvgIpc) is 3.27. The van der Waals surface area contributed by atoms with E-state index in [2.05, 4.69) is 47.9 Å². The molecule has 150 valence electrons. The Balaban J connectivity index is 1.72. The van der Waals surface area contributed by atoms with Crippen LogP contribution in [0.3, 0.4) is 0 Å². The number of anilines is 1. The predicted octanol–water partition coefficient (Wildman–Crippen LogP) is 5.22. The fourth-order valence-corrected chi connectivity index (χ4v) is 3.92. The van der Waals surface area contributed by atoms with Crippen molar-refractivity contribution in [2.45, 2.75) is 39.3 Å². The maximum Gasteiger partial charge on any atom is 0.241 e. The van der Waals surface area contributed by atoms with Crippen molar-refractivity contribution in [2.75, 3.05) is 5.32 Å². The van der Waals surface area contributed by atoms with E-state index in [1.165, 1.54) is 17.4 Å². The number of thiophene rings is 1. The second-order valence-corrected chi connectivity index (χ2v) is 8.03. The van der Waals surface area contributed by atoms with Crippen molar-refractivity contribution in [3.63, 3.8) is 0 Å². The summed E-state index contributed by atoms with van der Waals surface area (Å²) in [4.78, 5) is 25.3. The van der Waals surface area contributed by atoms with Crippen LogP contribution in [0.25, 0.3) is 0 Å². The van der Waals surface area contributed by atoms with Crippen LogP contribution in [-0.4, -0.2) is 17.7 Å². The number of nitrogens with one attached hydrogen (secondary N) is 2. The van der Waals surface area contributed by atoms with Crippen LogP contribution in [0, 0.1) is 0 Å². The first-order valence-electron chi connectivity index (χ1n) is 9.78. The molecule has 0 saturated carbocycles. The van der Waals surface area contributed by atoms with Gasteiger partial charge in [-0.05, 0) is 67.1 Å². The van der Waals surface area contributed by atoms with Crippen LogP contribution in [0.1, 0.15) is 53.2 Å². The van der Waals surface area contributed by atoms with Gasteiger partial charge in [0.25, 0.3) is 0 Å². The van der Waals surface area contributed by atoms with Crippen molar-refractivity contribution in [3.8, 4) is 0 Å². The predicted molar refractivity (Wildman–Crippen MR) is 120 cm³/mol. The van der Waals surface area contributed by atoms with E-state index in [1.807, 2.05) is 18.4 Å². The van der Waals surface area contributed by atoms with Crippen molar-refractivity contribution in [3.05, 3.63) is 87.6 Å². The van der Waals surface area contributed by atoms with E-state index < -0.39 is 6.04 Å². The van der Waals surface area contributed by atoms with E-state index in [0.717, 1.165) is 12.0 Å². The van der Waals surface area contributed by atoms with Crippen molar-refractivity contribution in [2.24, 2.45) is 0 Å². The molecule has 0 spiro atoms. The van der Waals surface area contributed by atoms with Gasteiger partial charge in [0.15, 0.2) is 5.78 Å². The lowest BCUT2D eigenvalue weighted by molar-refractivity contribution is -0.117. The smallest absolute Gasteiger partial charge is 0.241 e. The summed E-state index contributed by atoms with van der Waals surface area (Å²) < 4.78 is 0. The van der Waals surface area contributed by atoms with Gasteiger partial charge in [-0.25, -0.2) is 0 Å². The molecular formula is C24H26N2O2S. The molecule has 2 N–H and O–H groups in total. The maximum atomic E-state index is 12.7. The van der Waals surface area contributed by atoms with Crippen LogP contribution in [-0.2, 0) is 11.2 Å². The zero-order valence-corrected chi connectivity index (χ0v) is 17.8. The number of aryl methyl sites for hydroxylation is 1. The first-order chi connectivity index (χ1) is 14.0. The molecule has 1 aromatic heterocycles. The molecule has 3 aromatic rings. The monoisotopic (exact) mass is 406 g/mol. The first-order valence-corrected chi connectivity index (χ1v) is 10.7. The van der Waals surface area contributed by atoms with Gasteiger partial charge in [-0.1, -0.05) is 37.3 Å². The first kappa shape index (κ1) is 21.0. The molecule has 4 nitrogen and oxygen atoms in total. The number of hydrogen-bond acceptors (Lipinski definition) is 4. The third kappa shape index (κ3) is 5.40. The number of ketones is 1. The Labute approximate surface area is 176 Å². The molecule has 0 aliphatic rings. The molecule has 0 saturated heterocycles. The van der Waals surface area contributed by atoms with Crippen molar-refractivity contribution in [1.82, 2.24) is 5.32 Å². The van der Waals surface area contributed by atoms with Gasteiger partial charge in [-0.15, -0.1) is 11.3 Å². The second-order valence-electron chi connectivity index (χ2n) is 7.05. The number of carbonyl (C=O) groups excluding carboxylic acids is 2. The molecule has 0 aliphatic carbocycles. The SMILES string of the molecule is CCc1ccc([C@@H](N[C@@H](C)C(=O)Nc2ccc(C(C)=O)cc2)c2cccs2)cc1. The van der Waals surface area contributed by atoms with Gasteiger partial charge in [-0.3, -0.25) is 14.9 Å². The fraction of sp³-hybridized carbons (Fsp3) is 0.250. The highest BCUT2D eigenvalue weighted by atomic mass is 32.1. The van der Waals surface area contributed by atoms with Gasteiger partial charge in [0.2, 0.25) is 5.91 Å². The van der Waals surface area contributed by atoms with E-state index in [4.69, 9.17) is 0 Å². The van der Waals surface area contributed by atoms with Crippen LogP contribution in [0.4, 0.5) is 5.69 Å². The number of Topliss-reactive ketones (excluding diaryl/α,β-unsaturated/α-hetero) is 1. The number of carbonyl (C=O) groups is 2. The van der Waals surface area contributed by atoms with Crippen molar-refractivity contribution in [1.29, 1.82) is 0 Å². The highest BCUT2D eigenvalue weighted by molar-refractivity contribution is 7.10. The molecule has 1 amide bonds. The summed E-state index contributed by atoms with van der Waals surface area (Å²) in [6.45, 7) is 5.52. The molecule has 0 unspecified atom stereocenters. The summed E-state index contributed by atoms with van der Waals surface area (Å²) in [6, 6.07) is 19.1. The van der Waals surface area contributed by atoms with Crippen LogP contribution in [0.2, 0.25) is 0 Å². The Morgan fingerprint density at radius 2 is 1.69 bits per heavy atom. The Morgan fingerprint density at radius 1 is 1.00 bits per heavy atom. The third-order valence-corrected chi connectivity index (χ3v) is 5.86. The molecule has 0 fully saturated rings. The normalized spacial score (nSPS) is 12.9. The molecule has 29 heavy (non-hydrogen) atoms. The van der Waals surface area contributed by atoms with Gasteiger partial charge in [-0.2, -0.15) is 0 Å². The minimum absolute atomic E-state index is 0.00536. The van der Waals surface area contributed by atoms with Gasteiger partial charge in [0.05, 0.1) is 12.1 Å². The van der Waals surface area contributed by atoms with Crippen LogP contribution in [0.15, 0.2) is 66.0 Å². The lowest BCUT2D eigenvalue weighted by atomic mass is 10.0. The second kappa shape index (κ2) is 9.63. The Bertz CT molecular complexity index is 948. The highest BCUT2D eigenvalue weighted by Crippen LogP contribution is 2.27. The Kier molecular flexibility index (Phi) is 6.96. The molecule has 0 aliphatic heterocycles. The van der Waals surface area contributed by atoms with Gasteiger partial charge < -0.3 is 5.32 Å². The molecular weight excluding hydrogens is 380 g/mol. The minimum Gasteiger partial charge on any atom is -0.325 e. The lowest BCUT2D eigenvalue weighted by Crippen LogP contribution is -2.40. The number of hydrogen-bond donors (Lipinski definition) is 2. The van der Waals surface area contributed by atoms with Gasteiger partial charge in [0, 0.05) is 16.1 Å². The topological polar surface area (TPSA) is 58.2 Å². The summed E-state index contributed by atoms with van der Waals surface area (Å²) in [5.74, 6) is -0.113. The number of rotatable bonds is 8. The zero-order chi connectivity index (χ0) is 20.8. The van der Waals surface area contributed by atoms with Crippen LogP contribution >= 0.6 is 11.3 Å². The maximum absolute atomic E-state index is 12.7. The quantitative estimate of drug-likeness (QED) is 0.504. The van der Waals surface area contributed by atoms with E-state index >= 15 is 0 Å². The van der Waals surface area contributed by atoms with Gasteiger partial charge >= 0.3 is 0 Å². The number of amides is 1. The molecule has 5 heteroatoms. The van der Waals surface area contributed by atoms with E-state index in [-0.39, 0.29) is 17.7 Å². The Hall–Kier alpha value is -2.76. The summed E-state index contributed by atoms with van der Waals surface area (Å²) in [5, 5.41) is 8.43. The molecule has 0 radical (unpaired) electrons. The summed E-state index contributed by atoms with van der Waals surface area (Å²) in [7, 11) is 0. The zero-order valence-electron chi connectivity index (χ0n) is 16.9. The van der Waals surface area contributed by atoms with Crippen LogP contribution < -0.4 is 10.6 Å². The molecule has 1 heterocycles. The van der Waals surface area contributed by atoms with Crippen molar-refractivity contribution < 1.29 is 9.59 Å². The standard InChI is InChI=1S/C24H26N2O2S/c1-4-18-7-9-20(10-8-18)23(22-6-5-15-29-22)25-16(2)24(28)26-21-13-11-19(12-14-21)17(3)27/h5-16,23,25H,4H2,1-3H3,(H,26,28)/t16-,23+/m0/s1. The summed E-state index contributed by atoms with van der Waals surface area (Å²) >= 11 is 1.67. The van der Waals surface area contributed by atoms with E-state index in [9.17, 15) is 9.59 Å². The molecule has 3 rings (SSSR count). The Morgan fingerprint density at radius 3 is 2.24 bits per heavy atom. The summed E-state index contributed by atoms with van der Waals surface area (Å²) in [5.41, 5.74) is 3.73.